The van der Waals surface area contributed by atoms with Gasteiger partial charge < -0.3 is 15.0 Å². The number of para-hydroxylation sites is 1. The first-order valence-corrected chi connectivity index (χ1v) is 6.69. The number of carbonyl (C=O) groups is 2. The van der Waals surface area contributed by atoms with Gasteiger partial charge in [0, 0.05) is 11.4 Å². The maximum Gasteiger partial charge on any atom is 0.352 e. The van der Waals surface area contributed by atoms with Crippen LogP contribution < -0.4 is 5.32 Å². The SMILES string of the molecule is Cc1cc(C)n(C(C)C(=O)Nc2ccccc2)c1C(=O)O. The fourth-order valence-corrected chi connectivity index (χ4v) is 2.47. The van der Waals surface area contributed by atoms with Gasteiger partial charge in [-0.3, -0.25) is 4.79 Å². The van der Waals surface area contributed by atoms with E-state index in [1.807, 2.05) is 18.2 Å². The molecule has 1 aromatic carbocycles. The first kappa shape index (κ1) is 14.8. The summed E-state index contributed by atoms with van der Waals surface area (Å²) in [6.45, 7) is 5.22. The molecule has 2 rings (SSSR count). The number of rotatable bonds is 4. The first-order chi connectivity index (χ1) is 9.91. The molecule has 0 saturated heterocycles. The lowest BCUT2D eigenvalue weighted by atomic mass is 10.2. The second-order valence-electron chi connectivity index (χ2n) is 5.02. The summed E-state index contributed by atoms with van der Waals surface area (Å²) in [7, 11) is 0. The number of carboxylic acids is 1. The highest BCUT2D eigenvalue weighted by Crippen LogP contribution is 2.22. The van der Waals surface area contributed by atoms with Gasteiger partial charge in [0.1, 0.15) is 11.7 Å². The van der Waals surface area contributed by atoms with Crippen LogP contribution in [0.4, 0.5) is 5.69 Å². The van der Waals surface area contributed by atoms with E-state index >= 15 is 0 Å². The second-order valence-corrected chi connectivity index (χ2v) is 5.02. The third-order valence-electron chi connectivity index (χ3n) is 3.43. The zero-order valence-electron chi connectivity index (χ0n) is 12.3. The van der Waals surface area contributed by atoms with E-state index in [0.29, 0.717) is 11.3 Å². The number of hydrogen-bond donors (Lipinski definition) is 2. The smallest absolute Gasteiger partial charge is 0.352 e. The predicted molar refractivity (Wildman–Crippen MR) is 80.6 cm³/mol. The lowest BCUT2D eigenvalue weighted by Crippen LogP contribution is -2.26. The molecule has 0 bridgehead atoms. The molecule has 0 spiro atoms. The van der Waals surface area contributed by atoms with Gasteiger partial charge in [-0.25, -0.2) is 4.79 Å². The lowest BCUT2D eigenvalue weighted by molar-refractivity contribution is -0.118. The summed E-state index contributed by atoms with van der Waals surface area (Å²) in [5.74, 6) is -1.28. The van der Waals surface area contributed by atoms with Crippen molar-refractivity contribution in [1.82, 2.24) is 4.57 Å². The van der Waals surface area contributed by atoms with Crippen molar-refractivity contribution in [3.05, 3.63) is 53.3 Å². The quantitative estimate of drug-likeness (QED) is 0.907. The molecule has 2 aromatic rings. The van der Waals surface area contributed by atoms with E-state index in [4.69, 9.17) is 0 Å². The molecule has 1 unspecified atom stereocenters. The Labute approximate surface area is 123 Å². The van der Waals surface area contributed by atoms with Crippen LogP contribution in [0, 0.1) is 13.8 Å². The number of benzene rings is 1. The Morgan fingerprint density at radius 3 is 2.38 bits per heavy atom. The fraction of sp³-hybridized carbons (Fsp3) is 0.250. The van der Waals surface area contributed by atoms with E-state index in [9.17, 15) is 14.7 Å². The molecule has 1 aromatic heterocycles. The highest BCUT2D eigenvalue weighted by atomic mass is 16.4. The molecule has 110 valence electrons. The van der Waals surface area contributed by atoms with Crippen molar-refractivity contribution in [3.63, 3.8) is 0 Å². The minimum atomic E-state index is -1.03. The third kappa shape index (κ3) is 2.97. The maximum absolute atomic E-state index is 12.3. The van der Waals surface area contributed by atoms with Crippen LogP contribution in [-0.4, -0.2) is 21.6 Å². The van der Waals surface area contributed by atoms with E-state index in [1.54, 1.807) is 43.5 Å². The molecular weight excluding hydrogens is 268 g/mol. The largest absolute Gasteiger partial charge is 0.477 e. The standard InChI is InChI=1S/C16H18N2O3/c1-10-9-11(2)18(14(10)16(20)21)12(3)15(19)17-13-7-5-4-6-8-13/h4-9,12H,1-3H3,(H,17,19)(H,20,21). The van der Waals surface area contributed by atoms with Gasteiger partial charge in [-0.1, -0.05) is 18.2 Å². The lowest BCUT2D eigenvalue weighted by Gasteiger charge is -2.18. The molecule has 1 atom stereocenters. The molecule has 5 nitrogen and oxygen atoms in total. The number of aromatic carboxylic acids is 1. The Kier molecular flexibility index (Phi) is 4.12. The van der Waals surface area contributed by atoms with Crippen molar-refractivity contribution in [3.8, 4) is 0 Å². The van der Waals surface area contributed by atoms with Crippen molar-refractivity contribution in [2.24, 2.45) is 0 Å². The van der Waals surface area contributed by atoms with Gasteiger partial charge in [0.2, 0.25) is 5.91 Å². The summed E-state index contributed by atoms with van der Waals surface area (Å²) >= 11 is 0. The van der Waals surface area contributed by atoms with E-state index < -0.39 is 12.0 Å². The highest BCUT2D eigenvalue weighted by molar-refractivity contribution is 5.95. The number of carboxylic acid groups (broad SMARTS) is 1. The van der Waals surface area contributed by atoms with Crippen molar-refractivity contribution in [2.75, 3.05) is 5.32 Å². The van der Waals surface area contributed by atoms with Crippen LogP contribution in [0.3, 0.4) is 0 Å². The number of anilines is 1. The first-order valence-electron chi connectivity index (χ1n) is 6.69. The molecule has 1 heterocycles. The van der Waals surface area contributed by atoms with Crippen LogP contribution in [0.1, 0.15) is 34.7 Å². The number of aryl methyl sites for hydroxylation is 2. The average molecular weight is 286 g/mol. The Balaban J connectivity index is 2.30. The molecule has 2 N–H and O–H groups in total. The highest BCUT2D eigenvalue weighted by Gasteiger charge is 2.24. The topological polar surface area (TPSA) is 71.3 Å². The molecule has 21 heavy (non-hydrogen) atoms. The number of hydrogen-bond acceptors (Lipinski definition) is 2. The number of nitrogens with one attached hydrogen (secondary N) is 1. The normalized spacial score (nSPS) is 12.0. The van der Waals surface area contributed by atoms with E-state index in [2.05, 4.69) is 5.32 Å². The summed E-state index contributed by atoms with van der Waals surface area (Å²) in [4.78, 5) is 23.7. The summed E-state index contributed by atoms with van der Waals surface area (Å²) in [6, 6.07) is 10.3. The molecule has 0 fully saturated rings. The van der Waals surface area contributed by atoms with Crippen molar-refractivity contribution in [1.29, 1.82) is 0 Å². The van der Waals surface area contributed by atoms with Crippen molar-refractivity contribution in [2.45, 2.75) is 26.8 Å². The van der Waals surface area contributed by atoms with Gasteiger partial charge in [-0.2, -0.15) is 0 Å². The Morgan fingerprint density at radius 2 is 1.81 bits per heavy atom. The number of amides is 1. The third-order valence-corrected chi connectivity index (χ3v) is 3.43. The summed E-state index contributed by atoms with van der Waals surface area (Å²) in [6.07, 6.45) is 0. The van der Waals surface area contributed by atoms with Gasteiger partial charge in [-0.05, 0) is 44.5 Å². The Hall–Kier alpha value is -2.56. The van der Waals surface area contributed by atoms with Crippen LogP contribution in [0.25, 0.3) is 0 Å². The van der Waals surface area contributed by atoms with Crippen LogP contribution >= 0.6 is 0 Å². The molecular formula is C16H18N2O3. The molecule has 5 heteroatoms. The van der Waals surface area contributed by atoms with Gasteiger partial charge >= 0.3 is 5.97 Å². The van der Waals surface area contributed by atoms with E-state index in [0.717, 1.165) is 5.69 Å². The zero-order valence-corrected chi connectivity index (χ0v) is 12.3. The summed E-state index contributed by atoms with van der Waals surface area (Å²) in [5, 5.41) is 12.1. The van der Waals surface area contributed by atoms with Gasteiger partial charge in [0.05, 0.1) is 0 Å². The second kappa shape index (κ2) is 5.83. The van der Waals surface area contributed by atoms with Crippen molar-refractivity contribution < 1.29 is 14.7 Å². The van der Waals surface area contributed by atoms with Crippen LogP contribution in [0.15, 0.2) is 36.4 Å². The van der Waals surface area contributed by atoms with Crippen LogP contribution in [0.2, 0.25) is 0 Å². The number of carbonyl (C=O) groups excluding carboxylic acids is 1. The van der Waals surface area contributed by atoms with Crippen LogP contribution in [-0.2, 0) is 4.79 Å². The molecule has 0 aliphatic carbocycles. The van der Waals surface area contributed by atoms with Gasteiger partial charge in [-0.15, -0.1) is 0 Å². The number of aromatic nitrogens is 1. The van der Waals surface area contributed by atoms with E-state index in [1.165, 1.54) is 0 Å². The summed E-state index contributed by atoms with van der Waals surface area (Å²) in [5.41, 5.74) is 2.25. The molecule has 0 aliphatic heterocycles. The molecule has 0 aliphatic rings. The summed E-state index contributed by atoms with van der Waals surface area (Å²) < 4.78 is 1.55. The molecule has 1 amide bonds. The Bertz CT molecular complexity index is 674. The Morgan fingerprint density at radius 1 is 1.19 bits per heavy atom. The molecule has 0 radical (unpaired) electrons. The average Bonchev–Trinajstić information content (AvgIpc) is 2.73. The van der Waals surface area contributed by atoms with Gasteiger partial charge in [0.15, 0.2) is 0 Å². The number of nitrogens with zero attached hydrogens (tertiary/aromatic N) is 1. The van der Waals surface area contributed by atoms with Gasteiger partial charge in [0.25, 0.3) is 0 Å². The fourth-order valence-electron chi connectivity index (χ4n) is 2.47. The predicted octanol–water partition coefficient (Wildman–Crippen LogP) is 3.00. The minimum absolute atomic E-state index is 0.156. The minimum Gasteiger partial charge on any atom is -0.477 e. The maximum atomic E-state index is 12.3. The molecule has 0 saturated carbocycles. The van der Waals surface area contributed by atoms with E-state index in [-0.39, 0.29) is 11.6 Å². The van der Waals surface area contributed by atoms with Crippen LogP contribution in [0.5, 0.6) is 0 Å². The monoisotopic (exact) mass is 286 g/mol. The zero-order chi connectivity index (χ0) is 15.6. The van der Waals surface area contributed by atoms with Crippen molar-refractivity contribution >= 4 is 17.6 Å².